The Bertz CT molecular complexity index is 799. The summed E-state index contributed by atoms with van der Waals surface area (Å²) in [7, 11) is 1.25. The van der Waals surface area contributed by atoms with Gasteiger partial charge in [0, 0.05) is 5.56 Å². The molecule has 0 aromatic heterocycles. The number of carbonyl (C=O) groups is 1. The second kappa shape index (κ2) is 7.79. The molecule has 0 atom stereocenters. The van der Waals surface area contributed by atoms with Crippen molar-refractivity contribution in [3.8, 4) is 5.75 Å². The number of ether oxygens (including phenoxy) is 2. The SMILES string of the molecule is CCc1ccc(OCc2cccc(C3CC3)c2N(O)C(=O)OC)c(C)c1. The number of aryl methyl sites for hydroxylation is 2. The minimum Gasteiger partial charge on any atom is -0.489 e. The molecule has 0 heterocycles. The Morgan fingerprint density at radius 2 is 2.04 bits per heavy atom. The Morgan fingerprint density at radius 3 is 2.65 bits per heavy atom. The van der Waals surface area contributed by atoms with E-state index in [9.17, 15) is 10.0 Å². The van der Waals surface area contributed by atoms with Gasteiger partial charge in [-0.2, -0.15) is 5.06 Å². The van der Waals surface area contributed by atoms with Crippen LogP contribution in [-0.2, 0) is 17.8 Å². The van der Waals surface area contributed by atoms with Crippen molar-refractivity contribution < 1.29 is 19.5 Å². The highest BCUT2D eigenvalue weighted by atomic mass is 16.6. The van der Waals surface area contributed by atoms with E-state index in [1.54, 1.807) is 0 Å². The lowest BCUT2D eigenvalue weighted by Gasteiger charge is -2.21. The average molecular weight is 355 g/mol. The second-order valence-corrected chi connectivity index (χ2v) is 6.65. The first-order valence-electron chi connectivity index (χ1n) is 8.96. The molecule has 138 valence electrons. The highest BCUT2D eigenvalue weighted by molar-refractivity contribution is 5.87. The molecule has 1 N–H and O–H groups in total. The molecule has 5 heteroatoms. The van der Waals surface area contributed by atoms with E-state index in [1.807, 2.05) is 31.2 Å². The number of hydroxylamine groups is 1. The van der Waals surface area contributed by atoms with Gasteiger partial charge in [-0.3, -0.25) is 5.21 Å². The number of hydrogen-bond acceptors (Lipinski definition) is 4. The van der Waals surface area contributed by atoms with Crippen LogP contribution in [0.4, 0.5) is 10.5 Å². The predicted molar refractivity (Wildman–Crippen MR) is 100.0 cm³/mol. The van der Waals surface area contributed by atoms with Gasteiger partial charge in [0.25, 0.3) is 0 Å². The van der Waals surface area contributed by atoms with Gasteiger partial charge >= 0.3 is 6.09 Å². The number of benzene rings is 2. The number of rotatable bonds is 6. The highest BCUT2D eigenvalue weighted by Crippen LogP contribution is 2.45. The van der Waals surface area contributed by atoms with E-state index in [0.29, 0.717) is 16.7 Å². The van der Waals surface area contributed by atoms with Crippen LogP contribution in [0.25, 0.3) is 0 Å². The van der Waals surface area contributed by atoms with Crippen molar-refractivity contribution in [3.05, 3.63) is 58.7 Å². The molecule has 26 heavy (non-hydrogen) atoms. The Labute approximate surface area is 154 Å². The molecule has 0 aliphatic heterocycles. The number of nitrogens with zero attached hydrogens (tertiary/aromatic N) is 1. The van der Waals surface area contributed by atoms with Crippen LogP contribution in [-0.4, -0.2) is 18.4 Å². The van der Waals surface area contributed by atoms with Crippen molar-refractivity contribution >= 4 is 11.8 Å². The zero-order valence-electron chi connectivity index (χ0n) is 15.5. The third-order valence-corrected chi connectivity index (χ3v) is 4.76. The van der Waals surface area contributed by atoms with E-state index in [1.165, 1.54) is 12.7 Å². The maximum Gasteiger partial charge on any atom is 0.438 e. The van der Waals surface area contributed by atoms with Gasteiger partial charge in [-0.05, 0) is 54.9 Å². The van der Waals surface area contributed by atoms with Gasteiger partial charge in [-0.15, -0.1) is 0 Å². The van der Waals surface area contributed by atoms with Crippen molar-refractivity contribution in [3.63, 3.8) is 0 Å². The standard InChI is InChI=1S/C21H25NO4/c1-4-15-8-11-19(14(2)12-15)26-13-17-6-5-7-18(16-9-10-16)20(17)22(24)21(23)25-3/h5-8,11-12,16,24H,4,9-10,13H2,1-3H3. The summed E-state index contributed by atoms with van der Waals surface area (Å²) in [4.78, 5) is 11.9. The minimum atomic E-state index is -0.803. The van der Waals surface area contributed by atoms with Crippen LogP contribution >= 0.6 is 0 Å². The maximum absolute atomic E-state index is 11.9. The van der Waals surface area contributed by atoms with Gasteiger partial charge in [0.05, 0.1) is 12.8 Å². The lowest BCUT2D eigenvalue weighted by molar-refractivity contribution is 0.140. The summed E-state index contributed by atoms with van der Waals surface area (Å²) >= 11 is 0. The number of methoxy groups -OCH3 is 1. The Hall–Kier alpha value is -2.53. The lowest BCUT2D eigenvalue weighted by atomic mass is 10.0. The minimum absolute atomic E-state index is 0.260. The summed E-state index contributed by atoms with van der Waals surface area (Å²) in [6.07, 6.45) is 2.30. The molecule has 0 radical (unpaired) electrons. The number of amides is 1. The summed E-state index contributed by atoms with van der Waals surface area (Å²) in [5.41, 5.74) is 4.51. The van der Waals surface area contributed by atoms with E-state index in [-0.39, 0.29) is 6.61 Å². The fourth-order valence-electron chi connectivity index (χ4n) is 3.14. The predicted octanol–water partition coefficient (Wildman–Crippen LogP) is 4.98. The van der Waals surface area contributed by atoms with E-state index in [2.05, 4.69) is 23.8 Å². The third kappa shape index (κ3) is 3.83. The molecule has 2 aromatic rings. The molecule has 1 amide bonds. The molecular weight excluding hydrogens is 330 g/mol. The van der Waals surface area contributed by atoms with Crippen LogP contribution in [0.2, 0.25) is 0 Å². The molecule has 1 fully saturated rings. The third-order valence-electron chi connectivity index (χ3n) is 4.76. The molecule has 3 rings (SSSR count). The zero-order chi connectivity index (χ0) is 18.7. The first-order chi connectivity index (χ1) is 12.5. The molecular formula is C21H25NO4. The van der Waals surface area contributed by atoms with Gasteiger partial charge in [0.2, 0.25) is 0 Å². The summed E-state index contributed by atoms with van der Waals surface area (Å²) < 4.78 is 10.7. The fraction of sp³-hybridized carbons (Fsp3) is 0.381. The summed E-state index contributed by atoms with van der Waals surface area (Å²) in [6.45, 7) is 4.40. The zero-order valence-corrected chi connectivity index (χ0v) is 15.5. The lowest BCUT2D eigenvalue weighted by Crippen LogP contribution is -2.29. The molecule has 5 nitrogen and oxygen atoms in total. The van der Waals surface area contributed by atoms with Crippen molar-refractivity contribution in [2.45, 2.75) is 45.6 Å². The quantitative estimate of drug-likeness (QED) is 0.587. The average Bonchev–Trinajstić information content (AvgIpc) is 3.50. The normalized spacial score (nSPS) is 13.4. The van der Waals surface area contributed by atoms with E-state index in [0.717, 1.165) is 41.7 Å². The van der Waals surface area contributed by atoms with Crippen molar-refractivity contribution in [2.75, 3.05) is 12.2 Å². The van der Waals surface area contributed by atoms with Crippen molar-refractivity contribution in [1.29, 1.82) is 0 Å². The van der Waals surface area contributed by atoms with E-state index >= 15 is 0 Å². The molecule has 1 saturated carbocycles. The van der Waals surface area contributed by atoms with Crippen LogP contribution in [0, 0.1) is 6.92 Å². The molecule has 0 bridgehead atoms. The fourth-order valence-corrected chi connectivity index (χ4v) is 3.14. The van der Waals surface area contributed by atoms with Gasteiger partial charge in [-0.25, -0.2) is 4.79 Å². The smallest absolute Gasteiger partial charge is 0.438 e. The monoisotopic (exact) mass is 355 g/mol. The first-order valence-corrected chi connectivity index (χ1v) is 8.96. The Kier molecular flexibility index (Phi) is 5.47. The number of carbonyl (C=O) groups excluding carboxylic acids is 1. The van der Waals surface area contributed by atoms with Crippen LogP contribution in [0.3, 0.4) is 0 Å². The summed E-state index contributed by atoms with van der Waals surface area (Å²) in [5, 5.41) is 10.9. The number of hydrogen-bond donors (Lipinski definition) is 1. The topological polar surface area (TPSA) is 59.0 Å². The number of anilines is 1. The van der Waals surface area contributed by atoms with Crippen LogP contribution in [0.15, 0.2) is 36.4 Å². The summed E-state index contributed by atoms with van der Waals surface area (Å²) in [6, 6.07) is 11.9. The van der Waals surface area contributed by atoms with Gasteiger partial charge in [0.15, 0.2) is 0 Å². The van der Waals surface area contributed by atoms with Gasteiger partial charge in [-0.1, -0.05) is 37.3 Å². The Balaban J connectivity index is 1.87. The van der Waals surface area contributed by atoms with Gasteiger partial charge < -0.3 is 9.47 Å². The number of para-hydroxylation sites is 1. The van der Waals surface area contributed by atoms with E-state index in [4.69, 9.17) is 4.74 Å². The molecule has 2 aromatic carbocycles. The van der Waals surface area contributed by atoms with Crippen molar-refractivity contribution in [2.24, 2.45) is 0 Å². The first kappa shape index (κ1) is 18.3. The molecule has 0 spiro atoms. The molecule has 0 unspecified atom stereocenters. The van der Waals surface area contributed by atoms with Gasteiger partial charge in [0.1, 0.15) is 12.4 Å². The largest absolute Gasteiger partial charge is 0.489 e. The second-order valence-electron chi connectivity index (χ2n) is 6.65. The van der Waals surface area contributed by atoms with Crippen LogP contribution in [0.1, 0.15) is 47.9 Å². The molecule has 0 saturated heterocycles. The maximum atomic E-state index is 11.9. The highest BCUT2D eigenvalue weighted by Gasteiger charge is 2.31. The summed E-state index contributed by atoms with van der Waals surface area (Å²) in [5.74, 6) is 1.17. The Morgan fingerprint density at radius 1 is 1.27 bits per heavy atom. The molecule has 1 aliphatic rings. The van der Waals surface area contributed by atoms with E-state index < -0.39 is 6.09 Å². The van der Waals surface area contributed by atoms with Crippen LogP contribution in [0.5, 0.6) is 5.75 Å². The van der Waals surface area contributed by atoms with Crippen molar-refractivity contribution in [1.82, 2.24) is 0 Å². The molecule has 1 aliphatic carbocycles. The van der Waals surface area contributed by atoms with Crippen LogP contribution < -0.4 is 9.80 Å².